The van der Waals surface area contributed by atoms with Gasteiger partial charge in [-0.05, 0) is 29.7 Å². The monoisotopic (exact) mass is 258 g/mol. The fourth-order valence-electron chi connectivity index (χ4n) is 1.54. The largest absolute Gasteiger partial charge is 0.394 e. The highest BCUT2D eigenvalue weighted by Gasteiger charge is 2.13. The van der Waals surface area contributed by atoms with E-state index in [4.69, 9.17) is 10.4 Å². The van der Waals surface area contributed by atoms with Crippen LogP contribution in [0.4, 0.5) is 0 Å². The third-order valence-corrected chi connectivity index (χ3v) is 2.77. The van der Waals surface area contributed by atoms with Crippen molar-refractivity contribution in [3.8, 4) is 6.07 Å². The molecule has 4 nitrogen and oxygen atoms in total. The van der Waals surface area contributed by atoms with Crippen molar-refractivity contribution in [3.63, 3.8) is 0 Å². The van der Waals surface area contributed by atoms with Crippen LogP contribution in [0.5, 0.6) is 0 Å². The number of nitriles is 1. The average Bonchev–Trinajstić information content (AvgIpc) is 2.42. The fourth-order valence-corrected chi connectivity index (χ4v) is 1.54. The lowest BCUT2D eigenvalue weighted by molar-refractivity contribution is -0.117. The van der Waals surface area contributed by atoms with E-state index in [-0.39, 0.29) is 24.5 Å². The molecule has 0 saturated carbocycles. The molecule has 0 aliphatic carbocycles. The van der Waals surface area contributed by atoms with Crippen LogP contribution in [0, 0.1) is 17.2 Å². The molecule has 0 bridgehead atoms. The predicted molar refractivity (Wildman–Crippen MR) is 74.0 cm³/mol. The molecule has 0 aliphatic heterocycles. The summed E-state index contributed by atoms with van der Waals surface area (Å²) in [6.45, 7) is 3.78. The van der Waals surface area contributed by atoms with E-state index >= 15 is 0 Å². The lowest BCUT2D eigenvalue weighted by Crippen LogP contribution is -2.40. The van der Waals surface area contributed by atoms with Gasteiger partial charge < -0.3 is 10.4 Å². The zero-order chi connectivity index (χ0) is 14.3. The van der Waals surface area contributed by atoms with Gasteiger partial charge in [-0.15, -0.1) is 0 Å². The Kier molecular flexibility index (Phi) is 5.77. The highest BCUT2D eigenvalue weighted by Crippen LogP contribution is 2.06. The van der Waals surface area contributed by atoms with Crippen LogP contribution in [0.1, 0.15) is 25.0 Å². The van der Waals surface area contributed by atoms with Gasteiger partial charge in [0.2, 0.25) is 5.91 Å². The molecule has 1 atom stereocenters. The number of aliphatic hydroxyl groups is 1. The molecule has 0 radical (unpaired) electrons. The van der Waals surface area contributed by atoms with Gasteiger partial charge in [0.15, 0.2) is 0 Å². The van der Waals surface area contributed by atoms with Gasteiger partial charge in [0.25, 0.3) is 0 Å². The second kappa shape index (κ2) is 7.34. The quantitative estimate of drug-likeness (QED) is 0.789. The zero-order valence-corrected chi connectivity index (χ0v) is 11.1. The van der Waals surface area contributed by atoms with Crippen molar-refractivity contribution in [2.24, 2.45) is 5.92 Å². The first-order valence-corrected chi connectivity index (χ1v) is 6.16. The van der Waals surface area contributed by atoms with Gasteiger partial charge in [-0.25, -0.2) is 0 Å². The normalized spacial score (nSPS) is 12.4. The molecule has 2 N–H and O–H groups in total. The Morgan fingerprint density at radius 2 is 2.26 bits per heavy atom. The Morgan fingerprint density at radius 3 is 2.84 bits per heavy atom. The topological polar surface area (TPSA) is 73.1 Å². The van der Waals surface area contributed by atoms with E-state index in [2.05, 4.69) is 5.32 Å². The first-order valence-electron chi connectivity index (χ1n) is 6.16. The summed E-state index contributed by atoms with van der Waals surface area (Å²) >= 11 is 0. The molecule has 100 valence electrons. The number of hydrogen-bond donors (Lipinski definition) is 2. The average molecular weight is 258 g/mol. The summed E-state index contributed by atoms with van der Waals surface area (Å²) in [5, 5.41) is 20.6. The standard InChI is InChI=1S/C15H18N2O2/c1-11(2)14(10-18)17-15(19)7-6-12-4-3-5-13(8-12)9-16/h3-8,11,14,18H,10H2,1-2H3,(H,17,19). The van der Waals surface area contributed by atoms with E-state index in [0.29, 0.717) is 5.56 Å². The molecule has 1 aromatic rings. The minimum absolute atomic E-state index is 0.0822. The first-order chi connectivity index (χ1) is 9.06. The molecule has 0 heterocycles. The molecule has 1 aromatic carbocycles. The number of carbonyl (C=O) groups is 1. The second-order valence-electron chi connectivity index (χ2n) is 4.61. The maximum absolute atomic E-state index is 11.7. The smallest absolute Gasteiger partial charge is 0.244 e. The van der Waals surface area contributed by atoms with E-state index in [1.807, 2.05) is 26.0 Å². The molecule has 1 unspecified atom stereocenters. The minimum atomic E-state index is -0.255. The zero-order valence-electron chi connectivity index (χ0n) is 11.1. The van der Waals surface area contributed by atoms with E-state index < -0.39 is 0 Å². The van der Waals surface area contributed by atoms with Crippen molar-refractivity contribution >= 4 is 12.0 Å². The van der Waals surface area contributed by atoms with Crippen molar-refractivity contribution < 1.29 is 9.90 Å². The Bertz CT molecular complexity index is 501. The van der Waals surface area contributed by atoms with E-state index in [1.54, 1.807) is 24.3 Å². The third-order valence-electron chi connectivity index (χ3n) is 2.77. The number of rotatable bonds is 5. The predicted octanol–water partition coefficient (Wildman–Crippen LogP) is 1.70. The van der Waals surface area contributed by atoms with Crippen molar-refractivity contribution in [2.75, 3.05) is 6.61 Å². The van der Waals surface area contributed by atoms with E-state index in [9.17, 15) is 4.79 Å². The van der Waals surface area contributed by atoms with Crippen LogP contribution in [0.2, 0.25) is 0 Å². The van der Waals surface area contributed by atoms with Crippen LogP contribution in [-0.4, -0.2) is 23.7 Å². The van der Waals surface area contributed by atoms with E-state index in [0.717, 1.165) is 5.56 Å². The SMILES string of the molecule is CC(C)C(CO)NC(=O)C=Cc1cccc(C#N)c1. The highest BCUT2D eigenvalue weighted by atomic mass is 16.3. The molecule has 0 fully saturated rings. The molecule has 0 saturated heterocycles. The Labute approximate surface area is 113 Å². The molecular weight excluding hydrogens is 240 g/mol. The second-order valence-corrected chi connectivity index (χ2v) is 4.61. The molecule has 0 aliphatic rings. The van der Waals surface area contributed by atoms with Crippen LogP contribution in [0.15, 0.2) is 30.3 Å². The van der Waals surface area contributed by atoms with Crippen LogP contribution in [0.25, 0.3) is 6.08 Å². The van der Waals surface area contributed by atoms with Gasteiger partial charge in [0.1, 0.15) is 0 Å². The van der Waals surface area contributed by atoms with Crippen molar-refractivity contribution in [1.82, 2.24) is 5.32 Å². The molecule has 0 spiro atoms. The van der Waals surface area contributed by atoms with Crippen LogP contribution < -0.4 is 5.32 Å². The summed E-state index contributed by atoms with van der Waals surface area (Å²) < 4.78 is 0. The van der Waals surface area contributed by atoms with Gasteiger partial charge in [-0.3, -0.25) is 4.79 Å². The van der Waals surface area contributed by atoms with Gasteiger partial charge in [-0.2, -0.15) is 5.26 Å². The lowest BCUT2D eigenvalue weighted by Gasteiger charge is -2.18. The Hall–Kier alpha value is -2.12. The molecular formula is C15H18N2O2. The number of nitrogens with one attached hydrogen (secondary N) is 1. The van der Waals surface area contributed by atoms with Gasteiger partial charge in [0, 0.05) is 6.08 Å². The molecule has 19 heavy (non-hydrogen) atoms. The van der Waals surface area contributed by atoms with Crippen LogP contribution in [-0.2, 0) is 4.79 Å². The van der Waals surface area contributed by atoms with E-state index in [1.165, 1.54) is 6.08 Å². The van der Waals surface area contributed by atoms with Gasteiger partial charge in [-0.1, -0.05) is 26.0 Å². The number of hydrogen-bond acceptors (Lipinski definition) is 3. The van der Waals surface area contributed by atoms with Gasteiger partial charge >= 0.3 is 0 Å². The summed E-state index contributed by atoms with van der Waals surface area (Å²) in [4.78, 5) is 11.7. The summed E-state index contributed by atoms with van der Waals surface area (Å²) in [5.41, 5.74) is 1.34. The summed E-state index contributed by atoms with van der Waals surface area (Å²) in [6.07, 6.45) is 3.05. The Balaban J connectivity index is 2.65. The lowest BCUT2D eigenvalue weighted by atomic mass is 10.1. The maximum Gasteiger partial charge on any atom is 0.244 e. The van der Waals surface area contributed by atoms with Crippen LogP contribution in [0.3, 0.4) is 0 Å². The number of aliphatic hydroxyl groups excluding tert-OH is 1. The van der Waals surface area contributed by atoms with Crippen LogP contribution >= 0.6 is 0 Å². The number of nitrogens with zero attached hydrogens (tertiary/aromatic N) is 1. The fraction of sp³-hybridized carbons (Fsp3) is 0.333. The van der Waals surface area contributed by atoms with Crippen molar-refractivity contribution in [3.05, 3.63) is 41.5 Å². The maximum atomic E-state index is 11.7. The number of carbonyl (C=O) groups excluding carboxylic acids is 1. The molecule has 1 rings (SSSR count). The Morgan fingerprint density at radius 1 is 1.53 bits per heavy atom. The van der Waals surface area contributed by atoms with Crippen molar-refractivity contribution in [2.45, 2.75) is 19.9 Å². The molecule has 1 amide bonds. The van der Waals surface area contributed by atoms with Crippen molar-refractivity contribution in [1.29, 1.82) is 5.26 Å². The summed E-state index contributed by atoms with van der Waals surface area (Å²) in [6, 6.07) is 8.79. The molecule has 4 heteroatoms. The molecule has 0 aromatic heterocycles. The van der Waals surface area contributed by atoms with Gasteiger partial charge in [0.05, 0.1) is 24.3 Å². The summed E-state index contributed by atoms with van der Waals surface area (Å²) in [5.74, 6) is -0.0839. The first kappa shape index (κ1) is 14.9. The number of benzene rings is 1. The third kappa shape index (κ3) is 4.94. The number of amides is 1. The summed E-state index contributed by atoms with van der Waals surface area (Å²) in [7, 11) is 0. The highest BCUT2D eigenvalue weighted by molar-refractivity contribution is 5.91. The minimum Gasteiger partial charge on any atom is -0.394 e.